The van der Waals surface area contributed by atoms with Crippen molar-refractivity contribution < 1.29 is 4.79 Å². The first-order valence-corrected chi connectivity index (χ1v) is 10.6. The Morgan fingerprint density at radius 2 is 1.89 bits per heavy atom. The zero-order valence-electron chi connectivity index (χ0n) is 15.5. The van der Waals surface area contributed by atoms with E-state index in [1.54, 1.807) is 0 Å². The molecule has 2 aromatic carbocycles. The lowest BCUT2D eigenvalue weighted by Crippen LogP contribution is -2.32. The Bertz CT molecular complexity index is 954. The molecule has 5 nitrogen and oxygen atoms in total. The number of nitrogens with one attached hydrogen (secondary N) is 1. The molecule has 1 amide bonds. The van der Waals surface area contributed by atoms with Crippen molar-refractivity contribution in [3.8, 4) is 11.4 Å². The average Bonchev–Trinajstić information content (AvgIpc) is 3.44. The predicted molar refractivity (Wildman–Crippen MR) is 112 cm³/mol. The number of nitrogens with zero attached hydrogens (tertiary/aromatic N) is 3. The SMILES string of the molecule is C[C@@H](Sc1nnc(-c2ccc(Cl)cc2)n1Cc1ccccc1)C(=O)NC1CC1. The van der Waals surface area contributed by atoms with Gasteiger partial charge in [-0.1, -0.05) is 53.7 Å². The molecule has 144 valence electrons. The number of hydrogen-bond acceptors (Lipinski definition) is 4. The van der Waals surface area contributed by atoms with Gasteiger partial charge in [0.25, 0.3) is 0 Å². The van der Waals surface area contributed by atoms with Crippen LogP contribution in [0.2, 0.25) is 5.02 Å². The molecule has 0 saturated heterocycles. The fraction of sp³-hybridized carbons (Fsp3) is 0.286. The van der Waals surface area contributed by atoms with E-state index < -0.39 is 0 Å². The molecular formula is C21H21ClN4OS. The normalized spacial score (nSPS) is 14.6. The van der Waals surface area contributed by atoms with Crippen LogP contribution in [0.3, 0.4) is 0 Å². The topological polar surface area (TPSA) is 59.8 Å². The van der Waals surface area contributed by atoms with Crippen LogP contribution in [0.5, 0.6) is 0 Å². The van der Waals surface area contributed by atoms with E-state index in [-0.39, 0.29) is 11.2 Å². The Balaban J connectivity index is 1.63. The highest BCUT2D eigenvalue weighted by molar-refractivity contribution is 8.00. The maximum absolute atomic E-state index is 12.4. The van der Waals surface area contributed by atoms with Gasteiger partial charge in [-0.15, -0.1) is 10.2 Å². The van der Waals surface area contributed by atoms with Gasteiger partial charge < -0.3 is 5.32 Å². The minimum atomic E-state index is -0.239. The van der Waals surface area contributed by atoms with Gasteiger partial charge in [0.15, 0.2) is 11.0 Å². The third-order valence-corrected chi connectivity index (χ3v) is 5.91. The monoisotopic (exact) mass is 412 g/mol. The molecule has 0 unspecified atom stereocenters. The summed E-state index contributed by atoms with van der Waals surface area (Å²) in [4.78, 5) is 12.4. The van der Waals surface area contributed by atoms with Gasteiger partial charge in [-0.3, -0.25) is 9.36 Å². The first-order chi connectivity index (χ1) is 13.6. The van der Waals surface area contributed by atoms with Gasteiger partial charge in [-0.05, 0) is 49.6 Å². The zero-order valence-corrected chi connectivity index (χ0v) is 17.1. The standard InChI is InChI=1S/C21H21ClN4OS/c1-14(20(27)23-18-11-12-18)28-21-25-24-19(16-7-9-17(22)10-8-16)26(21)13-15-5-3-2-4-6-15/h2-10,14,18H,11-13H2,1H3,(H,23,27)/t14-/m1/s1. The fourth-order valence-electron chi connectivity index (χ4n) is 2.85. The molecule has 7 heteroatoms. The summed E-state index contributed by atoms with van der Waals surface area (Å²) in [5, 5.41) is 13.0. The number of amides is 1. The van der Waals surface area contributed by atoms with Crippen molar-refractivity contribution in [2.24, 2.45) is 0 Å². The maximum atomic E-state index is 12.4. The molecule has 1 aliphatic rings. The molecule has 1 N–H and O–H groups in total. The molecule has 1 saturated carbocycles. The van der Waals surface area contributed by atoms with E-state index in [9.17, 15) is 4.79 Å². The van der Waals surface area contributed by atoms with E-state index in [4.69, 9.17) is 11.6 Å². The summed E-state index contributed by atoms with van der Waals surface area (Å²) in [5.74, 6) is 0.813. The number of carbonyl (C=O) groups is 1. The Morgan fingerprint density at radius 1 is 1.18 bits per heavy atom. The summed E-state index contributed by atoms with van der Waals surface area (Å²) in [7, 11) is 0. The van der Waals surface area contributed by atoms with Crippen molar-refractivity contribution >= 4 is 29.3 Å². The number of aromatic nitrogens is 3. The van der Waals surface area contributed by atoms with E-state index in [1.165, 1.54) is 11.8 Å². The highest BCUT2D eigenvalue weighted by Gasteiger charge is 2.27. The van der Waals surface area contributed by atoms with Crippen LogP contribution < -0.4 is 5.32 Å². The largest absolute Gasteiger partial charge is 0.352 e. The number of benzene rings is 2. The van der Waals surface area contributed by atoms with Crippen LogP contribution in [-0.4, -0.2) is 32.0 Å². The molecule has 3 aromatic rings. The molecular weight excluding hydrogens is 392 g/mol. The van der Waals surface area contributed by atoms with E-state index >= 15 is 0 Å². The van der Waals surface area contributed by atoms with Crippen LogP contribution in [0.1, 0.15) is 25.3 Å². The Morgan fingerprint density at radius 3 is 2.57 bits per heavy atom. The highest BCUT2D eigenvalue weighted by atomic mass is 35.5. The van der Waals surface area contributed by atoms with Gasteiger partial charge in [0.2, 0.25) is 5.91 Å². The zero-order chi connectivity index (χ0) is 19.5. The Hall–Kier alpha value is -2.31. The molecule has 1 aromatic heterocycles. The summed E-state index contributed by atoms with van der Waals surface area (Å²) < 4.78 is 2.06. The molecule has 0 bridgehead atoms. The van der Waals surface area contributed by atoms with Crippen molar-refractivity contribution in [3.05, 3.63) is 65.2 Å². The second-order valence-electron chi connectivity index (χ2n) is 6.93. The first kappa shape index (κ1) is 19.0. The number of hydrogen-bond donors (Lipinski definition) is 1. The van der Waals surface area contributed by atoms with Gasteiger partial charge in [0, 0.05) is 16.6 Å². The van der Waals surface area contributed by atoms with Crippen LogP contribution in [0, 0.1) is 0 Å². The van der Waals surface area contributed by atoms with E-state index in [2.05, 4.69) is 32.2 Å². The van der Waals surface area contributed by atoms with Crippen LogP contribution in [0.25, 0.3) is 11.4 Å². The number of carbonyl (C=O) groups excluding carboxylic acids is 1. The second kappa shape index (κ2) is 8.37. The van der Waals surface area contributed by atoms with Gasteiger partial charge in [0.1, 0.15) is 0 Å². The molecule has 1 aliphatic carbocycles. The van der Waals surface area contributed by atoms with Crippen molar-refractivity contribution in [1.29, 1.82) is 0 Å². The van der Waals surface area contributed by atoms with E-state index in [1.807, 2.05) is 49.4 Å². The molecule has 1 fully saturated rings. The maximum Gasteiger partial charge on any atom is 0.233 e. The van der Waals surface area contributed by atoms with E-state index in [0.717, 1.165) is 34.9 Å². The lowest BCUT2D eigenvalue weighted by molar-refractivity contribution is -0.120. The summed E-state index contributed by atoms with van der Waals surface area (Å²) in [6, 6.07) is 18.1. The molecule has 4 rings (SSSR count). The van der Waals surface area contributed by atoms with Gasteiger partial charge >= 0.3 is 0 Å². The van der Waals surface area contributed by atoms with Crippen LogP contribution >= 0.6 is 23.4 Å². The Labute approximate surface area is 173 Å². The molecule has 0 spiro atoms. The lowest BCUT2D eigenvalue weighted by Gasteiger charge is -2.14. The van der Waals surface area contributed by atoms with Crippen molar-refractivity contribution in [1.82, 2.24) is 20.1 Å². The fourth-order valence-corrected chi connectivity index (χ4v) is 3.84. The molecule has 28 heavy (non-hydrogen) atoms. The van der Waals surface area contributed by atoms with Crippen LogP contribution in [-0.2, 0) is 11.3 Å². The molecule has 0 radical (unpaired) electrons. The van der Waals surface area contributed by atoms with Gasteiger partial charge in [0.05, 0.1) is 11.8 Å². The lowest BCUT2D eigenvalue weighted by atomic mass is 10.2. The van der Waals surface area contributed by atoms with Crippen LogP contribution in [0.4, 0.5) is 0 Å². The average molecular weight is 413 g/mol. The Kier molecular flexibility index (Phi) is 5.69. The van der Waals surface area contributed by atoms with Crippen molar-refractivity contribution in [2.45, 2.75) is 42.8 Å². The van der Waals surface area contributed by atoms with Crippen molar-refractivity contribution in [3.63, 3.8) is 0 Å². The molecule has 1 heterocycles. The van der Waals surface area contributed by atoms with Crippen LogP contribution in [0.15, 0.2) is 59.8 Å². The molecule has 0 aliphatic heterocycles. The summed E-state index contributed by atoms with van der Waals surface area (Å²) in [6.07, 6.45) is 2.15. The van der Waals surface area contributed by atoms with E-state index in [0.29, 0.717) is 17.6 Å². The first-order valence-electron chi connectivity index (χ1n) is 9.30. The number of halogens is 1. The minimum Gasteiger partial charge on any atom is -0.352 e. The second-order valence-corrected chi connectivity index (χ2v) is 8.67. The third-order valence-electron chi connectivity index (χ3n) is 4.58. The smallest absolute Gasteiger partial charge is 0.233 e. The number of rotatable bonds is 7. The van der Waals surface area contributed by atoms with Gasteiger partial charge in [-0.25, -0.2) is 0 Å². The number of thioether (sulfide) groups is 1. The highest BCUT2D eigenvalue weighted by Crippen LogP contribution is 2.29. The van der Waals surface area contributed by atoms with Gasteiger partial charge in [-0.2, -0.15) is 0 Å². The molecule has 1 atom stereocenters. The summed E-state index contributed by atoms with van der Waals surface area (Å²) in [5.41, 5.74) is 2.09. The summed E-state index contributed by atoms with van der Waals surface area (Å²) in [6.45, 7) is 2.54. The minimum absolute atomic E-state index is 0.0507. The summed E-state index contributed by atoms with van der Waals surface area (Å²) >= 11 is 7.47. The quantitative estimate of drug-likeness (QED) is 0.584. The third kappa shape index (κ3) is 4.56. The van der Waals surface area contributed by atoms with Crippen molar-refractivity contribution in [2.75, 3.05) is 0 Å². The predicted octanol–water partition coefficient (Wildman–Crippen LogP) is 4.41.